The van der Waals surface area contributed by atoms with Crippen LogP contribution >= 0.6 is 0 Å². The number of rotatable bonds is 11. The van der Waals surface area contributed by atoms with Crippen molar-refractivity contribution >= 4 is 23.8 Å². The number of carboxylic acids is 1. The van der Waals surface area contributed by atoms with E-state index in [1.54, 1.807) is 12.1 Å². The summed E-state index contributed by atoms with van der Waals surface area (Å²) in [5.41, 5.74) is 4.77. The molecule has 0 aliphatic heterocycles. The number of aromatic nitrogens is 1. The lowest BCUT2D eigenvalue weighted by Crippen LogP contribution is -2.15. The molecule has 4 aromatic carbocycles. The van der Waals surface area contributed by atoms with Crippen molar-refractivity contribution in [2.24, 2.45) is 5.16 Å². The van der Waals surface area contributed by atoms with Crippen molar-refractivity contribution in [1.82, 2.24) is 4.98 Å². The maximum Gasteiger partial charge on any atom is 0.358 e. The SMILES string of the molecule is Cc1oc(-c2ccccc2)nc1COc1ccc(CO/N=C(\C(=O)O)c2ccc(/C=C/c3ccccc3)cc2)cc1. The molecule has 0 unspecified atom stereocenters. The number of aliphatic carboxylic acids is 1. The summed E-state index contributed by atoms with van der Waals surface area (Å²) < 4.78 is 11.7. The fourth-order valence-electron chi connectivity index (χ4n) is 4.00. The van der Waals surface area contributed by atoms with Crippen molar-refractivity contribution in [2.45, 2.75) is 20.1 Å². The largest absolute Gasteiger partial charge is 0.487 e. The number of benzene rings is 4. The van der Waals surface area contributed by atoms with Gasteiger partial charge < -0.3 is 19.1 Å². The highest BCUT2D eigenvalue weighted by atomic mass is 16.6. The molecule has 0 saturated carbocycles. The summed E-state index contributed by atoms with van der Waals surface area (Å²) in [5, 5.41) is 13.6. The standard InChI is InChI=1S/C34H28N2O5/c1-24-31(35-33(41-24)29-10-6-3-7-11-29)23-39-30-20-16-27(17-21-30)22-40-36-32(34(37)38)28-18-14-26(15-19-28)13-12-25-8-4-2-5-9-25/h2-21H,22-23H2,1H3,(H,37,38)/b13-12+,36-32-. The van der Waals surface area contributed by atoms with Gasteiger partial charge in [0.1, 0.15) is 30.4 Å². The number of nitrogens with zero attached hydrogens (tertiary/aromatic N) is 2. The number of ether oxygens (including phenoxy) is 1. The van der Waals surface area contributed by atoms with Crippen LogP contribution in [0.25, 0.3) is 23.6 Å². The number of carboxylic acid groups (broad SMARTS) is 1. The van der Waals surface area contributed by atoms with Gasteiger partial charge in [-0.3, -0.25) is 0 Å². The monoisotopic (exact) mass is 544 g/mol. The molecule has 7 nitrogen and oxygen atoms in total. The van der Waals surface area contributed by atoms with Crippen LogP contribution in [0, 0.1) is 6.92 Å². The second-order valence-electron chi connectivity index (χ2n) is 9.21. The minimum absolute atomic E-state index is 0.109. The fourth-order valence-corrected chi connectivity index (χ4v) is 4.00. The first-order valence-corrected chi connectivity index (χ1v) is 13.1. The highest BCUT2D eigenvalue weighted by molar-refractivity contribution is 6.42. The molecule has 204 valence electrons. The third-order valence-corrected chi connectivity index (χ3v) is 6.25. The highest BCUT2D eigenvalue weighted by Crippen LogP contribution is 2.23. The van der Waals surface area contributed by atoms with Gasteiger partial charge in [0.05, 0.1) is 0 Å². The van der Waals surface area contributed by atoms with Gasteiger partial charge in [0.2, 0.25) is 5.89 Å². The summed E-state index contributed by atoms with van der Waals surface area (Å²) in [5.74, 6) is 0.763. The lowest BCUT2D eigenvalue weighted by molar-refractivity contribution is -0.129. The Bertz CT molecular complexity index is 1640. The number of hydrogen-bond acceptors (Lipinski definition) is 6. The van der Waals surface area contributed by atoms with Gasteiger partial charge >= 0.3 is 5.97 Å². The molecule has 0 radical (unpaired) electrons. The van der Waals surface area contributed by atoms with Gasteiger partial charge in [-0.2, -0.15) is 0 Å². The van der Waals surface area contributed by atoms with Crippen LogP contribution in [-0.4, -0.2) is 21.8 Å². The molecule has 5 aromatic rings. The van der Waals surface area contributed by atoms with Crippen LogP contribution in [-0.2, 0) is 22.8 Å². The zero-order valence-electron chi connectivity index (χ0n) is 22.4. The molecular formula is C34H28N2O5. The van der Waals surface area contributed by atoms with Crippen molar-refractivity contribution < 1.29 is 23.9 Å². The van der Waals surface area contributed by atoms with E-state index in [0.29, 0.717) is 23.0 Å². The van der Waals surface area contributed by atoms with E-state index >= 15 is 0 Å². The summed E-state index contributed by atoms with van der Waals surface area (Å²) in [6, 6.07) is 34.1. The number of carbonyl (C=O) groups is 1. The van der Waals surface area contributed by atoms with Crippen molar-refractivity contribution in [3.05, 3.63) is 143 Å². The second kappa shape index (κ2) is 13.1. The Morgan fingerprint density at radius 1 is 0.829 bits per heavy atom. The quantitative estimate of drug-likeness (QED) is 0.106. The van der Waals surface area contributed by atoms with Gasteiger partial charge in [0.15, 0.2) is 5.71 Å². The zero-order chi connectivity index (χ0) is 28.4. The van der Waals surface area contributed by atoms with E-state index in [4.69, 9.17) is 14.0 Å². The molecule has 0 aliphatic carbocycles. The van der Waals surface area contributed by atoms with Crippen molar-refractivity contribution in [1.29, 1.82) is 0 Å². The van der Waals surface area contributed by atoms with E-state index in [-0.39, 0.29) is 18.9 Å². The molecule has 0 fully saturated rings. The van der Waals surface area contributed by atoms with E-state index in [9.17, 15) is 9.90 Å². The minimum atomic E-state index is -1.17. The molecule has 0 atom stereocenters. The first-order valence-electron chi connectivity index (χ1n) is 13.1. The first kappa shape index (κ1) is 27.1. The van der Waals surface area contributed by atoms with E-state index in [0.717, 1.165) is 27.9 Å². The van der Waals surface area contributed by atoms with Gasteiger partial charge in [-0.05, 0) is 47.9 Å². The summed E-state index contributed by atoms with van der Waals surface area (Å²) in [6.07, 6.45) is 3.97. The Kier molecular flexibility index (Phi) is 8.66. The maximum atomic E-state index is 11.8. The predicted molar refractivity (Wildman–Crippen MR) is 158 cm³/mol. The molecule has 5 rings (SSSR count). The summed E-state index contributed by atoms with van der Waals surface area (Å²) in [6.45, 7) is 2.24. The fraction of sp³-hybridized carbons (Fsp3) is 0.0882. The lowest BCUT2D eigenvalue weighted by atomic mass is 10.1. The normalized spacial score (nSPS) is 11.5. The van der Waals surface area contributed by atoms with Gasteiger partial charge in [-0.25, -0.2) is 9.78 Å². The third-order valence-electron chi connectivity index (χ3n) is 6.25. The van der Waals surface area contributed by atoms with E-state index in [1.807, 2.05) is 116 Å². The smallest absolute Gasteiger partial charge is 0.358 e. The number of oxazole rings is 1. The van der Waals surface area contributed by atoms with Crippen LogP contribution in [0.15, 0.2) is 119 Å². The second-order valence-corrected chi connectivity index (χ2v) is 9.21. The predicted octanol–water partition coefficient (Wildman–Crippen LogP) is 7.40. The number of oxime groups is 1. The molecule has 0 spiro atoms. The lowest BCUT2D eigenvalue weighted by Gasteiger charge is -2.07. The molecule has 1 heterocycles. The highest BCUT2D eigenvalue weighted by Gasteiger charge is 2.14. The van der Waals surface area contributed by atoms with Gasteiger partial charge in [0, 0.05) is 11.1 Å². The molecule has 0 amide bonds. The van der Waals surface area contributed by atoms with Gasteiger partial charge in [-0.1, -0.05) is 102 Å². The summed E-state index contributed by atoms with van der Waals surface area (Å²) in [7, 11) is 0. The molecule has 0 bridgehead atoms. The average Bonchev–Trinajstić information content (AvgIpc) is 3.39. The van der Waals surface area contributed by atoms with E-state index in [2.05, 4.69) is 10.1 Å². The molecular weight excluding hydrogens is 516 g/mol. The third kappa shape index (κ3) is 7.36. The van der Waals surface area contributed by atoms with Crippen molar-refractivity contribution in [3.63, 3.8) is 0 Å². The first-order chi connectivity index (χ1) is 20.0. The topological polar surface area (TPSA) is 94.2 Å². The number of hydrogen-bond donors (Lipinski definition) is 1. The van der Waals surface area contributed by atoms with Crippen molar-refractivity contribution in [3.8, 4) is 17.2 Å². The van der Waals surface area contributed by atoms with Crippen LogP contribution in [0.1, 0.15) is 33.7 Å². The van der Waals surface area contributed by atoms with Crippen LogP contribution < -0.4 is 4.74 Å². The van der Waals surface area contributed by atoms with Crippen molar-refractivity contribution in [2.75, 3.05) is 0 Å². The summed E-state index contributed by atoms with van der Waals surface area (Å²) in [4.78, 5) is 21.8. The molecule has 1 aromatic heterocycles. The van der Waals surface area contributed by atoms with Crippen LogP contribution in [0.3, 0.4) is 0 Å². The Labute approximate surface area is 238 Å². The van der Waals surface area contributed by atoms with Crippen LogP contribution in [0.5, 0.6) is 5.75 Å². The molecule has 41 heavy (non-hydrogen) atoms. The molecule has 1 N–H and O–H groups in total. The molecule has 0 aliphatic rings. The number of aryl methyl sites for hydroxylation is 1. The Morgan fingerprint density at radius 2 is 1.46 bits per heavy atom. The minimum Gasteiger partial charge on any atom is -0.487 e. The summed E-state index contributed by atoms with van der Waals surface area (Å²) >= 11 is 0. The maximum absolute atomic E-state index is 11.8. The van der Waals surface area contributed by atoms with E-state index < -0.39 is 5.97 Å². The molecule has 0 saturated heterocycles. The Balaban J connectivity index is 1.15. The Morgan fingerprint density at radius 3 is 2.12 bits per heavy atom. The van der Waals surface area contributed by atoms with Crippen LogP contribution in [0.4, 0.5) is 0 Å². The Hall–Kier alpha value is -5.43. The van der Waals surface area contributed by atoms with E-state index in [1.165, 1.54) is 0 Å². The van der Waals surface area contributed by atoms with Gasteiger partial charge in [0.25, 0.3) is 0 Å². The van der Waals surface area contributed by atoms with Crippen LogP contribution in [0.2, 0.25) is 0 Å². The average molecular weight is 545 g/mol. The molecule has 7 heteroatoms. The zero-order valence-corrected chi connectivity index (χ0v) is 22.4. The van der Waals surface area contributed by atoms with Gasteiger partial charge in [-0.15, -0.1) is 0 Å².